The third-order valence-corrected chi connectivity index (χ3v) is 6.28. The van der Waals surface area contributed by atoms with E-state index in [0.717, 1.165) is 23.6 Å². The Labute approximate surface area is 176 Å². The molecule has 0 saturated carbocycles. The van der Waals surface area contributed by atoms with Crippen LogP contribution in [0.4, 0.5) is 0 Å². The highest BCUT2D eigenvalue weighted by Gasteiger charge is 2.27. The van der Waals surface area contributed by atoms with Crippen LogP contribution in [0, 0.1) is 0 Å². The van der Waals surface area contributed by atoms with E-state index < -0.39 is 0 Å². The predicted octanol–water partition coefficient (Wildman–Crippen LogP) is 7.16. The van der Waals surface area contributed by atoms with E-state index in [2.05, 4.69) is 66.9 Å². The van der Waals surface area contributed by atoms with Crippen LogP contribution in [-0.4, -0.2) is 11.5 Å². The molecule has 0 bridgehead atoms. The van der Waals surface area contributed by atoms with Crippen molar-refractivity contribution in [3.63, 3.8) is 0 Å². The molecule has 0 fully saturated rings. The van der Waals surface area contributed by atoms with Crippen LogP contribution in [0.15, 0.2) is 60.8 Å². The summed E-state index contributed by atoms with van der Waals surface area (Å²) >= 11 is 6.20. The first kappa shape index (κ1) is 18.3. The summed E-state index contributed by atoms with van der Waals surface area (Å²) in [4.78, 5) is 0. The zero-order chi connectivity index (χ0) is 20.1. The number of pyridine rings is 1. The SMILES string of the molecule is COc1ccc2c(c1)CCc1c(-c3ccc(Cl)cc3)c(C(C)C)n3cccc3c1-2. The average Bonchev–Trinajstić information content (AvgIpc) is 3.21. The van der Waals surface area contributed by atoms with Gasteiger partial charge in [-0.25, -0.2) is 0 Å². The van der Waals surface area contributed by atoms with Gasteiger partial charge in [-0.3, -0.25) is 0 Å². The molecule has 146 valence electrons. The molecule has 2 aromatic heterocycles. The van der Waals surface area contributed by atoms with Crippen LogP contribution in [0.5, 0.6) is 5.75 Å². The van der Waals surface area contributed by atoms with Crippen LogP contribution in [0.3, 0.4) is 0 Å². The van der Waals surface area contributed by atoms with Crippen LogP contribution >= 0.6 is 11.6 Å². The molecule has 0 spiro atoms. The molecule has 29 heavy (non-hydrogen) atoms. The van der Waals surface area contributed by atoms with Crippen LogP contribution in [0.1, 0.15) is 36.6 Å². The summed E-state index contributed by atoms with van der Waals surface area (Å²) in [5.41, 5.74) is 10.7. The number of benzene rings is 2. The molecular formula is C26H24ClNO. The summed E-state index contributed by atoms with van der Waals surface area (Å²) in [6.07, 6.45) is 4.24. The van der Waals surface area contributed by atoms with E-state index in [0.29, 0.717) is 5.92 Å². The van der Waals surface area contributed by atoms with Gasteiger partial charge in [0.25, 0.3) is 0 Å². The zero-order valence-electron chi connectivity index (χ0n) is 17.0. The van der Waals surface area contributed by atoms with Gasteiger partial charge < -0.3 is 9.14 Å². The van der Waals surface area contributed by atoms with E-state index in [-0.39, 0.29) is 0 Å². The highest BCUT2D eigenvalue weighted by atomic mass is 35.5. The monoisotopic (exact) mass is 401 g/mol. The van der Waals surface area contributed by atoms with E-state index in [1.807, 2.05) is 12.1 Å². The first-order valence-corrected chi connectivity index (χ1v) is 10.5. The molecule has 2 nitrogen and oxygen atoms in total. The van der Waals surface area contributed by atoms with Crippen molar-refractivity contribution >= 4 is 17.1 Å². The van der Waals surface area contributed by atoms with E-state index in [1.165, 1.54) is 44.6 Å². The maximum absolute atomic E-state index is 6.20. The quantitative estimate of drug-likeness (QED) is 0.355. The van der Waals surface area contributed by atoms with E-state index in [9.17, 15) is 0 Å². The van der Waals surface area contributed by atoms with Gasteiger partial charge in [0.05, 0.1) is 12.6 Å². The van der Waals surface area contributed by atoms with Crippen molar-refractivity contribution in [2.75, 3.05) is 7.11 Å². The molecule has 0 amide bonds. The van der Waals surface area contributed by atoms with Crippen molar-refractivity contribution in [3.8, 4) is 28.0 Å². The lowest BCUT2D eigenvalue weighted by Crippen LogP contribution is -2.12. The van der Waals surface area contributed by atoms with Gasteiger partial charge in [0.2, 0.25) is 0 Å². The Morgan fingerprint density at radius 1 is 0.966 bits per heavy atom. The topological polar surface area (TPSA) is 13.6 Å². The van der Waals surface area contributed by atoms with Gasteiger partial charge in [-0.05, 0) is 77.4 Å². The summed E-state index contributed by atoms with van der Waals surface area (Å²) in [5, 5.41) is 0.771. The Morgan fingerprint density at radius 2 is 1.76 bits per heavy atom. The van der Waals surface area contributed by atoms with Gasteiger partial charge in [0, 0.05) is 28.0 Å². The largest absolute Gasteiger partial charge is 0.497 e. The minimum absolute atomic E-state index is 0.401. The number of fused-ring (bicyclic) bond motifs is 5. The van der Waals surface area contributed by atoms with Gasteiger partial charge in [-0.2, -0.15) is 0 Å². The maximum atomic E-state index is 6.20. The molecule has 0 N–H and O–H groups in total. The zero-order valence-corrected chi connectivity index (χ0v) is 17.8. The average molecular weight is 402 g/mol. The fourth-order valence-electron chi connectivity index (χ4n) is 4.81. The van der Waals surface area contributed by atoms with Crippen LogP contribution in [-0.2, 0) is 12.8 Å². The standard InChI is InChI=1S/C26H24ClNO/c1-16(2)26-24(17-6-9-19(27)10-7-17)22-12-8-18-15-20(29-3)11-13-21(18)25(22)23-5-4-14-28(23)26/h4-7,9-11,13-16H,8,12H2,1-3H3. The number of ether oxygens (including phenoxy) is 1. The highest BCUT2D eigenvalue weighted by molar-refractivity contribution is 6.30. The van der Waals surface area contributed by atoms with Crippen molar-refractivity contribution in [1.29, 1.82) is 0 Å². The smallest absolute Gasteiger partial charge is 0.119 e. The molecule has 2 aromatic carbocycles. The van der Waals surface area contributed by atoms with Crippen molar-refractivity contribution < 1.29 is 4.74 Å². The second-order valence-electron chi connectivity index (χ2n) is 8.06. The minimum atomic E-state index is 0.401. The fourth-order valence-corrected chi connectivity index (χ4v) is 4.94. The van der Waals surface area contributed by atoms with Crippen LogP contribution in [0.25, 0.3) is 27.8 Å². The highest BCUT2D eigenvalue weighted by Crippen LogP contribution is 2.45. The summed E-state index contributed by atoms with van der Waals surface area (Å²) in [6, 6.07) is 19.2. The molecule has 0 unspecified atom stereocenters. The number of hydrogen-bond donors (Lipinski definition) is 0. The number of halogens is 1. The molecule has 0 atom stereocenters. The lowest BCUT2D eigenvalue weighted by Gasteiger charge is -2.28. The molecule has 1 aliphatic carbocycles. The van der Waals surface area contributed by atoms with E-state index >= 15 is 0 Å². The van der Waals surface area contributed by atoms with Crippen LogP contribution < -0.4 is 4.74 Å². The number of aryl methyl sites for hydroxylation is 1. The first-order chi connectivity index (χ1) is 14.1. The first-order valence-electron chi connectivity index (χ1n) is 10.2. The molecular weight excluding hydrogens is 378 g/mol. The predicted molar refractivity (Wildman–Crippen MR) is 121 cm³/mol. The second kappa shape index (κ2) is 6.96. The van der Waals surface area contributed by atoms with Crippen molar-refractivity contribution in [1.82, 2.24) is 4.40 Å². The molecule has 4 aromatic rings. The lowest BCUT2D eigenvalue weighted by atomic mass is 9.80. The molecule has 1 aliphatic rings. The minimum Gasteiger partial charge on any atom is -0.497 e. The molecule has 5 rings (SSSR count). The Kier molecular flexibility index (Phi) is 4.40. The third-order valence-electron chi connectivity index (χ3n) is 6.03. The Bertz CT molecular complexity index is 1220. The van der Waals surface area contributed by atoms with Crippen molar-refractivity contribution in [2.24, 2.45) is 0 Å². The number of aromatic nitrogens is 1. The van der Waals surface area contributed by atoms with Gasteiger partial charge in [-0.15, -0.1) is 0 Å². The van der Waals surface area contributed by atoms with E-state index in [1.54, 1.807) is 7.11 Å². The third kappa shape index (κ3) is 2.86. The Morgan fingerprint density at radius 3 is 2.48 bits per heavy atom. The second-order valence-corrected chi connectivity index (χ2v) is 8.50. The van der Waals surface area contributed by atoms with Gasteiger partial charge in [0.1, 0.15) is 5.75 Å². The molecule has 0 saturated heterocycles. The molecule has 2 heterocycles. The van der Waals surface area contributed by atoms with Gasteiger partial charge in [0.15, 0.2) is 0 Å². The number of nitrogens with zero attached hydrogens (tertiary/aromatic N) is 1. The maximum Gasteiger partial charge on any atom is 0.119 e. The van der Waals surface area contributed by atoms with Crippen molar-refractivity contribution in [3.05, 3.63) is 82.6 Å². The summed E-state index contributed by atoms with van der Waals surface area (Å²) in [7, 11) is 1.73. The molecule has 3 heteroatoms. The molecule has 0 aliphatic heterocycles. The number of methoxy groups -OCH3 is 1. The van der Waals surface area contributed by atoms with Gasteiger partial charge in [-0.1, -0.05) is 43.6 Å². The Hall–Kier alpha value is -2.71. The van der Waals surface area contributed by atoms with Crippen molar-refractivity contribution in [2.45, 2.75) is 32.6 Å². The number of rotatable bonds is 3. The molecule has 0 radical (unpaired) electrons. The van der Waals surface area contributed by atoms with E-state index in [4.69, 9.17) is 16.3 Å². The Balaban J connectivity index is 1.90. The fraction of sp³-hybridized carbons (Fsp3) is 0.231. The summed E-state index contributed by atoms with van der Waals surface area (Å²) in [6.45, 7) is 4.56. The summed E-state index contributed by atoms with van der Waals surface area (Å²) < 4.78 is 7.86. The lowest BCUT2D eigenvalue weighted by molar-refractivity contribution is 0.414. The normalized spacial score (nSPS) is 12.9. The summed E-state index contributed by atoms with van der Waals surface area (Å²) in [5.74, 6) is 1.33. The number of hydrogen-bond acceptors (Lipinski definition) is 1. The van der Waals surface area contributed by atoms with Gasteiger partial charge >= 0.3 is 0 Å². The van der Waals surface area contributed by atoms with Crippen LogP contribution in [0.2, 0.25) is 5.02 Å².